The number of rotatable bonds is 15. The van der Waals surface area contributed by atoms with E-state index in [1.54, 1.807) is 27.7 Å². The molecule has 1 amide bonds. The minimum absolute atomic E-state index is 0.0672. The first-order chi connectivity index (χ1) is 24.4. The van der Waals surface area contributed by atoms with E-state index in [4.69, 9.17) is 19.3 Å². The molecular formula is C34H44F2N6O8S. The lowest BCUT2D eigenvalue weighted by Gasteiger charge is -2.38. The number of hydrogen-bond acceptors (Lipinski definition) is 11. The van der Waals surface area contributed by atoms with Gasteiger partial charge in [-0.25, -0.2) is 32.0 Å². The standard InChI is InChI=1S/C34H44F2N6O8S/c1-23(25-5-2-6-26(17-25)34(35,36)19-24-20-41(21-24)33(44)45)39-30-27-18-28(40-9-15-51(46,47)16-10-40)32(43)42(31(27)38-22-37-30)8-4-12-48-11-3-7-29-49-13-14-50-29/h2,5-6,17-18,22-24,29H,3-4,7-16,19-21H2,1H3,(H,44,45)(H,37,38,39)/t23-/m1/s1. The topological polar surface area (TPSA) is 165 Å². The zero-order valence-corrected chi connectivity index (χ0v) is 29.3. The lowest BCUT2D eigenvalue weighted by Crippen LogP contribution is -2.50. The number of nitrogens with one attached hydrogen (secondary N) is 1. The maximum atomic E-state index is 15.3. The van der Waals surface area contributed by atoms with Crippen molar-refractivity contribution in [1.82, 2.24) is 19.4 Å². The third-order valence-corrected chi connectivity index (χ3v) is 11.2. The van der Waals surface area contributed by atoms with Gasteiger partial charge in [0.05, 0.1) is 30.1 Å². The monoisotopic (exact) mass is 734 g/mol. The number of fused-ring (bicyclic) bond motifs is 1. The molecule has 1 aromatic carbocycles. The second-order valence-corrected chi connectivity index (χ2v) is 15.6. The average Bonchev–Trinajstić information content (AvgIpc) is 3.60. The Labute approximate surface area is 294 Å². The van der Waals surface area contributed by atoms with Crippen molar-refractivity contribution in [3.63, 3.8) is 0 Å². The molecule has 3 aliphatic rings. The smallest absolute Gasteiger partial charge is 0.407 e. The fourth-order valence-corrected chi connectivity index (χ4v) is 7.88. The lowest BCUT2D eigenvalue weighted by atomic mass is 9.89. The van der Waals surface area contributed by atoms with E-state index in [-0.39, 0.29) is 55.1 Å². The molecule has 1 atom stereocenters. The van der Waals surface area contributed by atoms with Crippen LogP contribution in [-0.2, 0) is 36.5 Å². The molecule has 0 saturated carbocycles. The van der Waals surface area contributed by atoms with Crippen molar-refractivity contribution in [2.75, 3.05) is 74.3 Å². The fraction of sp³-hybridized carbons (Fsp3) is 0.588. The maximum Gasteiger partial charge on any atom is 0.407 e. The quantitative estimate of drug-likeness (QED) is 0.217. The number of anilines is 2. The predicted octanol–water partition coefficient (Wildman–Crippen LogP) is 3.85. The Kier molecular flexibility index (Phi) is 11.4. The second kappa shape index (κ2) is 15.8. The number of benzene rings is 1. The summed E-state index contributed by atoms with van der Waals surface area (Å²) >= 11 is 0. The highest BCUT2D eigenvalue weighted by Crippen LogP contribution is 2.39. The van der Waals surface area contributed by atoms with Gasteiger partial charge in [0.2, 0.25) is 0 Å². The van der Waals surface area contributed by atoms with Gasteiger partial charge in [-0.3, -0.25) is 9.36 Å². The van der Waals surface area contributed by atoms with Crippen LogP contribution in [0.3, 0.4) is 0 Å². The molecule has 0 bridgehead atoms. The van der Waals surface area contributed by atoms with Crippen molar-refractivity contribution in [3.05, 3.63) is 58.1 Å². The zero-order valence-electron chi connectivity index (χ0n) is 28.5. The van der Waals surface area contributed by atoms with E-state index in [1.165, 1.54) is 18.5 Å². The largest absolute Gasteiger partial charge is 0.465 e. The van der Waals surface area contributed by atoms with Gasteiger partial charge in [-0.2, -0.15) is 0 Å². The number of carbonyl (C=O) groups is 1. The Morgan fingerprint density at radius 2 is 1.84 bits per heavy atom. The van der Waals surface area contributed by atoms with Crippen LogP contribution in [-0.4, -0.2) is 109 Å². The molecule has 3 aliphatic heterocycles. The van der Waals surface area contributed by atoms with Gasteiger partial charge in [0.25, 0.3) is 11.5 Å². The van der Waals surface area contributed by atoms with Crippen molar-refractivity contribution < 1.29 is 41.3 Å². The van der Waals surface area contributed by atoms with Gasteiger partial charge in [0, 0.05) is 76.3 Å². The van der Waals surface area contributed by atoms with Crippen molar-refractivity contribution in [2.24, 2.45) is 5.92 Å². The summed E-state index contributed by atoms with van der Waals surface area (Å²) in [6.07, 6.45) is 1.62. The number of aryl methyl sites for hydroxylation is 1. The number of halogens is 2. The Hall–Kier alpha value is -3.93. The highest BCUT2D eigenvalue weighted by molar-refractivity contribution is 7.91. The summed E-state index contributed by atoms with van der Waals surface area (Å²) in [5.74, 6) is -3.32. The maximum absolute atomic E-state index is 15.3. The molecular weight excluding hydrogens is 690 g/mol. The van der Waals surface area contributed by atoms with E-state index in [9.17, 15) is 18.0 Å². The molecule has 0 aliphatic carbocycles. The minimum Gasteiger partial charge on any atom is -0.465 e. The summed E-state index contributed by atoms with van der Waals surface area (Å²) in [7, 11) is -3.20. The first-order valence-electron chi connectivity index (χ1n) is 17.3. The van der Waals surface area contributed by atoms with Crippen LogP contribution in [0.15, 0.2) is 41.5 Å². The molecule has 5 heterocycles. The number of sulfone groups is 1. The molecule has 17 heteroatoms. The summed E-state index contributed by atoms with van der Waals surface area (Å²) in [5, 5.41) is 12.9. The van der Waals surface area contributed by atoms with Crippen molar-refractivity contribution >= 4 is 38.5 Å². The molecule has 51 heavy (non-hydrogen) atoms. The number of ether oxygens (including phenoxy) is 3. The van der Waals surface area contributed by atoms with Crippen LogP contribution in [0, 0.1) is 5.92 Å². The van der Waals surface area contributed by atoms with Crippen molar-refractivity contribution in [2.45, 2.75) is 57.4 Å². The van der Waals surface area contributed by atoms with Gasteiger partial charge >= 0.3 is 6.09 Å². The Morgan fingerprint density at radius 3 is 2.57 bits per heavy atom. The molecule has 0 radical (unpaired) electrons. The predicted molar refractivity (Wildman–Crippen MR) is 185 cm³/mol. The van der Waals surface area contributed by atoms with Crippen LogP contribution >= 0.6 is 0 Å². The van der Waals surface area contributed by atoms with Gasteiger partial charge in [-0.1, -0.05) is 18.2 Å². The Balaban J connectivity index is 1.19. The molecule has 3 aromatic rings. The Morgan fingerprint density at radius 1 is 1.12 bits per heavy atom. The fourth-order valence-electron chi connectivity index (χ4n) is 6.68. The van der Waals surface area contributed by atoms with Crippen LogP contribution in [0.4, 0.5) is 25.1 Å². The van der Waals surface area contributed by atoms with Crippen molar-refractivity contribution in [3.8, 4) is 0 Å². The van der Waals surface area contributed by atoms with E-state index in [2.05, 4.69) is 15.3 Å². The number of alkyl halides is 2. The number of likely N-dealkylation sites (tertiary alicyclic amines) is 1. The second-order valence-electron chi connectivity index (χ2n) is 13.3. The number of hydrogen-bond donors (Lipinski definition) is 2. The molecule has 0 unspecified atom stereocenters. The summed E-state index contributed by atoms with van der Waals surface area (Å²) in [6.45, 7) is 4.74. The van der Waals surface area contributed by atoms with Gasteiger partial charge in [-0.05, 0) is 37.5 Å². The molecule has 278 valence electrons. The van der Waals surface area contributed by atoms with Crippen LogP contribution in [0.5, 0.6) is 0 Å². The van der Waals surface area contributed by atoms with E-state index in [0.717, 1.165) is 17.7 Å². The number of pyridine rings is 1. The summed E-state index contributed by atoms with van der Waals surface area (Å²) in [6, 6.07) is 7.31. The first-order valence-corrected chi connectivity index (χ1v) is 19.1. The number of aromatic nitrogens is 3. The molecule has 3 saturated heterocycles. The van der Waals surface area contributed by atoms with Crippen LogP contribution < -0.4 is 15.8 Å². The van der Waals surface area contributed by atoms with Gasteiger partial charge < -0.3 is 34.4 Å². The third kappa shape index (κ3) is 8.94. The molecule has 3 fully saturated rings. The minimum atomic E-state index is -3.20. The third-order valence-electron chi connectivity index (χ3n) is 9.57. The number of carboxylic acid groups (broad SMARTS) is 1. The highest BCUT2D eigenvalue weighted by Gasteiger charge is 2.41. The summed E-state index contributed by atoms with van der Waals surface area (Å²) in [5.41, 5.74) is 0.832. The summed E-state index contributed by atoms with van der Waals surface area (Å²) < 4.78 is 73.3. The molecule has 14 nitrogen and oxygen atoms in total. The van der Waals surface area contributed by atoms with Crippen LogP contribution in [0.1, 0.15) is 49.8 Å². The number of amides is 1. The molecule has 0 spiro atoms. The SMILES string of the molecule is C[C@@H](Nc1ncnc2c1cc(N1CCS(=O)(=O)CC1)c(=O)n2CCCOCCCC1OCCO1)c1cccc(C(F)(F)CC2CN(C(=O)O)C2)c1. The zero-order chi connectivity index (χ0) is 36.2. The normalized spacial score (nSPS) is 19.0. The van der Waals surface area contributed by atoms with Crippen LogP contribution in [0.25, 0.3) is 11.0 Å². The van der Waals surface area contributed by atoms with Crippen LogP contribution in [0.2, 0.25) is 0 Å². The Bertz CT molecular complexity index is 1850. The molecule has 2 aromatic heterocycles. The number of nitrogens with zero attached hydrogens (tertiary/aromatic N) is 5. The average molecular weight is 735 g/mol. The highest BCUT2D eigenvalue weighted by atomic mass is 32.2. The van der Waals surface area contributed by atoms with E-state index >= 15 is 8.78 Å². The first kappa shape index (κ1) is 36.8. The molecule has 6 rings (SSSR count). The van der Waals surface area contributed by atoms with Gasteiger partial charge in [0.1, 0.15) is 23.5 Å². The van der Waals surface area contributed by atoms with Gasteiger partial charge in [-0.15, -0.1) is 0 Å². The van der Waals surface area contributed by atoms with Gasteiger partial charge in [0.15, 0.2) is 16.1 Å². The van der Waals surface area contributed by atoms with Crippen molar-refractivity contribution in [1.29, 1.82) is 0 Å². The van der Waals surface area contributed by atoms with E-state index in [0.29, 0.717) is 67.5 Å². The summed E-state index contributed by atoms with van der Waals surface area (Å²) in [4.78, 5) is 36.8. The molecule has 2 N–H and O–H groups in total. The van der Waals surface area contributed by atoms with E-state index < -0.39 is 40.2 Å². The lowest BCUT2D eigenvalue weighted by molar-refractivity contribution is -0.0528. The van der Waals surface area contributed by atoms with E-state index in [1.807, 2.05) is 6.92 Å².